The first kappa shape index (κ1) is 26.3. The first-order valence-corrected chi connectivity index (χ1v) is 13.9. The topological polar surface area (TPSA) is 256 Å². The van der Waals surface area contributed by atoms with E-state index in [2.05, 4.69) is 23.3 Å². The Morgan fingerprint density at radius 3 is 2.58 bits per heavy atom. The van der Waals surface area contributed by atoms with Crippen LogP contribution in [0.15, 0.2) is 6.33 Å². The van der Waals surface area contributed by atoms with Crippen molar-refractivity contribution in [2.24, 2.45) is 5.92 Å². The van der Waals surface area contributed by atoms with Crippen LogP contribution in [-0.4, -0.2) is 83.6 Å². The van der Waals surface area contributed by atoms with E-state index in [4.69, 9.17) is 22.1 Å². The van der Waals surface area contributed by atoms with Gasteiger partial charge in [-0.25, -0.2) is 18.4 Å². The summed E-state index contributed by atoms with van der Waals surface area (Å²) >= 11 is 6.27. The van der Waals surface area contributed by atoms with Gasteiger partial charge in [0, 0.05) is 5.92 Å². The average molecular weight is 574 g/mol. The molecule has 2 fully saturated rings. The third kappa shape index (κ3) is 4.47. The predicted molar refractivity (Wildman–Crippen MR) is 113 cm³/mol. The zero-order valence-electron chi connectivity index (χ0n) is 18.0. The number of nitrogens with two attached hydrogens (primary N) is 1. The number of hydrogen-bond donors (Lipinski definition) is 6. The van der Waals surface area contributed by atoms with Gasteiger partial charge in [-0.1, -0.05) is 4.98 Å². The van der Waals surface area contributed by atoms with Crippen molar-refractivity contribution in [2.45, 2.75) is 49.2 Å². The van der Waals surface area contributed by atoms with Gasteiger partial charge < -0.3 is 45.2 Å². The second-order valence-electron chi connectivity index (χ2n) is 8.64. The van der Waals surface area contributed by atoms with Crippen molar-refractivity contribution in [2.75, 3.05) is 18.9 Å². The quantitative estimate of drug-likeness (QED) is 0.108. The van der Waals surface area contributed by atoms with Crippen LogP contribution in [-0.2, 0) is 27.2 Å². The van der Waals surface area contributed by atoms with E-state index in [0.717, 1.165) is 4.57 Å². The van der Waals surface area contributed by atoms with E-state index in [1.807, 2.05) is 0 Å². The number of nitrogen functional groups attached to an aromatic ring is 1. The summed E-state index contributed by atoms with van der Waals surface area (Å²) in [7, 11) is -10.7. The molecule has 200 valence electrons. The van der Waals surface area contributed by atoms with Crippen molar-refractivity contribution in [3.63, 3.8) is 0 Å². The molecule has 0 spiro atoms. The molecule has 2 aromatic rings. The summed E-state index contributed by atoms with van der Waals surface area (Å²) in [6.45, 7) is -1.58. The Labute approximate surface area is 206 Å². The molecule has 8 bridgehead atoms. The number of aliphatic hydroxyl groups excluding tert-OH is 4. The number of imidazole rings is 1. The number of aromatic nitrogens is 4. The number of phosphoric acid groups is 2. The molecule has 0 radical (unpaired) electrons. The maximum Gasteiger partial charge on any atom is 0.478 e. The average Bonchev–Trinajstić information content (AvgIpc) is 3.37. The third-order valence-electron chi connectivity index (χ3n) is 6.44. The van der Waals surface area contributed by atoms with Gasteiger partial charge in [-0.15, -0.1) is 0 Å². The highest BCUT2D eigenvalue weighted by Gasteiger charge is 2.49. The lowest BCUT2D eigenvalue weighted by Crippen LogP contribution is -2.48. The molecule has 4 aliphatic rings. The van der Waals surface area contributed by atoms with Crippen LogP contribution in [0, 0.1) is 5.92 Å². The van der Waals surface area contributed by atoms with Gasteiger partial charge in [-0.3, -0.25) is 13.7 Å². The lowest BCUT2D eigenvalue weighted by Gasteiger charge is -2.27. The molecular weight excluding hydrogens is 552 g/mol. The Balaban J connectivity index is 1.60. The smallest absolute Gasteiger partial charge is 0.478 e. The van der Waals surface area contributed by atoms with Crippen LogP contribution in [0.25, 0.3) is 11.2 Å². The maximum atomic E-state index is 12.2. The van der Waals surface area contributed by atoms with E-state index in [9.17, 15) is 39.3 Å². The molecule has 1 saturated heterocycles. The van der Waals surface area contributed by atoms with E-state index in [1.54, 1.807) is 0 Å². The Morgan fingerprint density at radius 1 is 1.14 bits per heavy atom. The van der Waals surface area contributed by atoms with Crippen LogP contribution in [0.3, 0.4) is 0 Å². The van der Waals surface area contributed by atoms with Crippen molar-refractivity contribution in [3.8, 4) is 0 Å². The van der Waals surface area contributed by atoms with Crippen LogP contribution in [0.4, 0.5) is 5.82 Å². The van der Waals surface area contributed by atoms with E-state index in [1.165, 1.54) is 10.9 Å². The maximum absolute atomic E-state index is 12.2. The summed E-state index contributed by atoms with van der Waals surface area (Å²) in [5.74, 6) is -0.974. The van der Waals surface area contributed by atoms with Crippen molar-refractivity contribution in [1.82, 2.24) is 14.5 Å². The van der Waals surface area contributed by atoms with Gasteiger partial charge in [0.05, 0.1) is 19.3 Å². The van der Waals surface area contributed by atoms with Gasteiger partial charge in [0.1, 0.15) is 30.5 Å². The molecule has 36 heavy (non-hydrogen) atoms. The van der Waals surface area contributed by atoms with E-state index in [0.29, 0.717) is 0 Å². The number of phosphoric ester groups is 2. The van der Waals surface area contributed by atoms with Gasteiger partial charge in [-0.05, 0) is 18.0 Å². The molecule has 17 nitrogen and oxygen atoms in total. The fourth-order valence-corrected chi connectivity index (χ4v) is 6.99. The van der Waals surface area contributed by atoms with Crippen molar-refractivity contribution >= 4 is 44.2 Å². The molecule has 3 aliphatic heterocycles. The van der Waals surface area contributed by atoms with Crippen LogP contribution in [0.5, 0.6) is 0 Å². The van der Waals surface area contributed by atoms with E-state index < -0.39 is 77.6 Å². The van der Waals surface area contributed by atoms with Crippen LogP contribution >= 0.6 is 27.2 Å². The summed E-state index contributed by atoms with van der Waals surface area (Å²) in [5.41, 5.74) is 6.36. The molecule has 2 aromatic heterocycles. The molecule has 0 aromatic carbocycles. The van der Waals surface area contributed by atoms with Gasteiger partial charge >= 0.3 is 7.82 Å². The third-order valence-corrected chi connectivity index (χ3v) is 9.27. The normalized spacial score (nSPS) is 43.8. The lowest BCUT2D eigenvalue weighted by atomic mass is 10.1. The molecule has 0 amide bonds. The summed E-state index contributed by atoms with van der Waals surface area (Å²) in [4.78, 5) is 30.4. The minimum Gasteiger partial charge on any atom is -0.756 e. The second-order valence-corrected chi connectivity index (χ2v) is 12.0. The predicted octanol–water partition coefficient (Wildman–Crippen LogP) is -2.51. The van der Waals surface area contributed by atoms with Crippen molar-refractivity contribution in [1.29, 1.82) is 0 Å². The molecule has 20 heteroatoms. The van der Waals surface area contributed by atoms with E-state index in [-0.39, 0.29) is 28.7 Å². The minimum absolute atomic E-state index is 0.0217. The van der Waals surface area contributed by atoms with Crippen LogP contribution in [0.2, 0.25) is 5.28 Å². The Hall–Kier alpha value is -1.30. The molecule has 1 saturated carbocycles. The summed E-state index contributed by atoms with van der Waals surface area (Å²) in [6, 6.07) is -0.896. The molecular formula is C16H22ClN5O12P2. The molecule has 10 atom stereocenters. The lowest BCUT2D eigenvalue weighted by molar-refractivity contribution is -0.717. The highest BCUT2D eigenvalue weighted by atomic mass is 35.5. The molecule has 1 aliphatic carbocycles. The number of nitrogens with zero attached hydrogens (tertiary/aromatic N) is 4. The van der Waals surface area contributed by atoms with Gasteiger partial charge in [0.15, 0.2) is 11.7 Å². The van der Waals surface area contributed by atoms with Gasteiger partial charge in [0.2, 0.25) is 17.3 Å². The Kier molecular flexibility index (Phi) is 6.70. The fourth-order valence-electron chi connectivity index (χ4n) is 4.63. The summed E-state index contributed by atoms with van der Waals surface area (Å²) < 4.78 is 45.8. The number of anilines is 1. The van der Waals surface area contributed by atoms with E-state index >= 15 is 0 Å². The number of rotatable bonds is 0. The fraction of sp³-hybridized carbons (Fsp3) is 0.688. The molecule has 2 unspecified atom stereocenters. The minimum atomic E-state index is -5.44. The van der Waals surface area contributed by atoms with Gasteiger partial charge in [0.25, 0.3) is 13.6 Å². The molecule has 5 heterocycles. The second kappa shape index (κ2) is 9.17. The number of aliphatic hydroxyl groups is 4. The zero-order chi connectivity index (χ0) is 26.2. The number of halogens is 1. The van der Waals surface area contributed by atoms with Crippen molar-refractivity contribution < 1.29 is 62.0 Å². The SMILES string of the molecule is Nc1c2nc(Cl)n3c2nc[n+]1[C@@H]1C[C@H](COP(=O)([O-])OP(=O)(O)OC[C@H]2O[C@@H]3[C@H](O)[C@@H]2O)[C@@H](O)[C@H]1O. The van der Waals surface area contributed by atoms with Crippen LogP contribution < -0.4 is 15.2 Å². The van der Waals surface area contributed by atoms with Crippen LogP contribution in [0.1, 0.15) is 18.7 Å². The monoisotopic (exact) mass is 573 g/mol. The zero-order valence-corrected chi connectivity index (χ0v) is 20.6. The first-order valence-electron chi connectivity index (χ1n) is 10.5. The van der Waals surface area contributed by atoms with Crippen molar-refractivity contribution in [3.05, 3.63) is 11.6 Å². The number of ether oxygens (including phenoxy) is 1. The summed E-state index contributed by atoms with van der Waals surface area (Å²) in [6.07, 6.45) is -7.83. The molecule has 6 rings (SSSR count). The standard InChI is InChI=1S/C16H22ClN5O12P2/c17-16-20-8-13(18)21-4-19-14(8)22(16)15-12(26)11(25)7(33-15)3-32-36(29,30)34-35(27,28)31-2-5-1-6(21)10(24)9(5)23/h4-7,9-12,15,18,23-26H,1-3H2,(H2,27,28,29,30)/t5-,6-,7-,9-,10+,11-,12-,15-/m1/s1. The number of hydrogen-bond acceptors (Lipinski definition) is 14. The molecule has 7 N–H and O–H groups in total. The Morgan fingerprint density at radius 2 is 1.86 bits per heavy atom. The highest BCUT2D eigenvalue weighted by molar-refractivity contribution is 7.60. The Bertz CT molecular complexity index is 1280. The van der Waals surface area contributed by atoms with Gasteiger partial charge in [-0.2, -0.15) is 0 Å². The highest BCUT2D eigenvalue weighted by Crippen LogP contribution is 2.58. The largest absolute Gasteiger partial charge is 0.756 e. The number of fused-ring (bicyclic) bond motifs is 7. The first-order chi connectivity index (χ1) is 16.8. The summed E-state index contributed by atoms with van der Waals surface area (Å²) in [5, 5.41) is 41.8.